The highest BCUT2D eigenvalue weighted by Gasteiger charge is 2.13. The number of anilines is 1. The number of hydrazine groups is 1. The first-order valence-corrected chi connectivity index (χ1v) is 7.29. The molecule has 0 atom stereocenters. The molecule has 6 nitrogen and oxygen atoms in total. The van der Waals surface area contributed by atoms with Gasteiger partial charge in [0.2, 0.25) is 0 Å². The van der Waals surface area contributed by atoms with E-state index in [1.54, 1.807) is 12.1 Å². The molecule has 0 bridgehead atoms. The van der Waals surface area contributed by atoms with Crippen LogP contribution in [0.2, 0.25) is 5.02 Å². The molecule has 0 spiro atoms. The number of ether oxygens (including phenoxy) is 2. The van der Waals surface area contributed by atoms with Gasteiger partial charge in [-0.1, -0.05) is 29.8 Å². The summed E-state index contributed by atoms with van der Waals surface area (Å²) >= 11 is 6.19. The Morgan fingerprint density at radius 1 is 1.26 bits per heavy atom. The number of methoxy groups -OCH3 is 1. The van der Waals surface area contributed by atoms with Crippen molar-refractivity contribution >= 4 is 23.2 Å². The van der Waals surface area contributed by atoms with Crippen molar-refractivity contribution in [2.45, 2.75) is 6.54 Å². The van der Waals surface area contributed by atoms with Gasteiger partial charge in [0.25, 0.3) is 5.91 Å². The minimum Gasteiger partial charge on any atom is -0.493 e. The van der Waals surface area contributed by atoms with Crippen molar-refractivity contribution in [3.8, 4) is 11.5 Å². The van der Waals surface area contributed by atoms with E-state index in [2.05, 4.69) is 10.9 Å². The van der Waals surface area contributed by atoms with Gasteiger partial charge in [-0.2, -0.15) is 0 Å². The zero-order chi connectivity index (χ0) is 16.7. The molecule has 2 aromatic rings. The fourth-order valence-electron chi connectivity index (χ4n) is 1.93. The van der Waals surface area contributed by atoms with E-state index >= 15 is 0 Å². The Labute approximate surface area is 139 Å². The summed E-state index contributed by atoms with van der Waals surface area (Å²) in [5, 5.41) is 0.349. The maximum atomic E-state index is 10.8. The van der Waals surface area contributed by atoms with Crippen molar-refractivity contribution in [1.82, 2.24) is 5.43 Å². The molecular formula is C16H18ClN3O3. The summed E-state index contributed by atoms with van der Waals surface area (Å²) in [4.78, 5) is 10.8. The Bertz CT molecular complexity index is 665. The largest absolute Gasteiger partial charge is 0.493 e. The number of benzene rings is 2. The third-order valence-corrected chi connectivity index (χ3v) is 3.23. The minimum atomic E-state index is -0.582. The van der Waals surface area contributed by atoms with E-state index in [9.17, 15) is 4.79 Å². The lowest BCUT2D eigenvalue weighted by molar-refractivity contribution is -0.119. The van der Waals surface area contributed by atoms with Gasteiger partial charge in [-0.25, -0.2) is 5.43 Å². The summed E-state index contributed by atoms with van der Waals surface area (Å²) < 4.78 is 10.5. The van der Waals surface area contributed by atoms with Crippen LogP contribution in [-0.4, -0.2) is 19.6 Å². The Kier molecular flexibility index (Phi) is 6.08. The molecule has 122 valence electrons. The average molecular weight is 336 g/mol. The molecule has 4 N–H and O–H groups in total. The van der Waals surface area contributed by atoms with Crippen LogP contribution in [0.25, 0.3) is 0 Å². The van der Waals surface area contributed by atoms with Gasteiger partial charge in [-0.15, -0.1) is 0 Å². The molecule has 0 unspecified atom stereocenters. The Morgan fingerprint density at radius 3 is 2.65 bits per heavy atom. The van der Waals surface area contributed by atoms with Crippen LogP contribution in [-0.2, 0) is 11.3 Å². The van der Waals surface area contributed by atoms with Gasteiger partial charge in [0.15, 0.2) is 18.1 Å². The van der Waals surface area contributed by atoms with E-state index in [-0.39, 0.29) is 6.61 Å². The summed E-state index contributed by atoms with van der Waals surface area (Å²) in [6.45, 7) is 0.254. The zero-order valence-electron chi connectivity index (χ0n) is 12.6. The van der Waals surface area contributed by atoms with Crippen molar-refractivity contribution < 1.29 is 14.3 Å². The molecule has 0 aliphatic heterocycles. The van der Waals surface area contributed by atoms with Gasteiger partial charge in [0.05, 0.1) is 12.1 Å². The van der Waals surface area contributed by atoms with Crippen LogP contribution < -0.4 is 26.1 Å². The topological polar surface area (TPSA) is 85.6 Å². The molecule has 23 heavy (non-hydrogen) atoms. The maximum absolute atomic E-state index is 10.8. The van der Waals surface area contributed by atoms with E-state index < -0.39 is 5.91 Å². The van der Waals surface area contributed by atoms with E-state index in [4.69, 9.17) is 26.8 Å². The molecule has 0 aromatic heterocycles. The van der Waals surface area contributed by atoms with Crippen molar-refractivity contribution in [3.05, 3.63) is 53.1 Å². The molecular weight excluding hydrogens is 318 g/mol. The first-order valence-electron chi connectivity index (χ1n) is 6.91. The number of carbonyl (C=O) groups is 1. The van der Waals surface area contributed by atoms with Crippen LogP contribution in [0.4, 0.5) is 5.69 Å². The molecule has 0 aliphatic carbocycles. The quantitative estimate of drug-likeness (QED) is 0.645. The molecule has 0 heterocycles. The Balaban J connectivity index is 2.02. The molecule has 2 aromatic carbocycles. The molecule has 0 fully saturated rings. The highest BCUT2D eigenvalue weighted by molar-refractivity contribution is 6.32. The van der Waals surface area contributed by atoms with Crippen LogP contribution in [0.1, 0.15) is 5.56 Å². The van der Waals surface area contributed by atoms with E-state index in [0.717, 1.165) is 11.3 Å². The number of primary amides is 1. The molecule has 7 heteroatoms. The lowest BCUT2D eigenvalue weighted by Crippen LogP contribution is -2.21. The average Bonchev–Trinajstić information content (AvgIpc) is 2.54. The summed E-state index contributed by atoms with van der Waals surface area (Å²) in [7, 11) is 1.50. The van der Waals surface area contributed by atoms with Crippen molar-refractivity contribution in [3.63, 3.8) is 0 Å². The van der Waals surface area contributed by atoms with Gasteiger partial charge in [0, 0.05) is 12.2 Å². The predicted molar refractivity (Wildman–Crippen MR) is 89.6 cm³/mol. The normalized spacial score (nSPS) is 10.2. The number of carbonyl (C=O) groups excluding carboxylic acids is 1. The van der Waals surface area contributed by atoms with E-state index in [1.165, 1.54) is 7.11 Å². The van der Waals surface area contributed by atoms with Gasteiger partial charge in [0.1, 0.15) is 0 Å². The first-order chi connectivity index (χ1) is 11.1. The first kappa shape index (κ1) is 16.9. The molecule has 1 amide bonds. The number of nitrogens with one attached hydrogen (secondary N) is 2. The van der Waals surface area contributed by atoms with Gasteiger partial charge in [-0.05, 0) is 29.8 Å². The minimum absolute atomic E-state index is 0.261. The van der Waals surface area contributed by atoms with Crippen LogP contribution in [0, 0.1) is 0 Å². The Morgan fingerprint density at radius 2 is 2.00 bits per heavy atom. The number of amides is 1. The maximum Gasteiger partial charge on any atom is 0.255 e. The molecule has 0 saturated heterocycles. The van der Waals surface area contributed by atoms with Crippen LogP contribution in [0.15, 0.2) is 42.5 Å². The fourth-order valence-corrected chi connectivity index (χ4v) is 2.22. The number of rotatable bonds is 8. The van der Waals surface area contributed by atoms with E-state index in [1.807, 2.05) is 30.3 Å². The summed E-state index contributed by atoms with van der Waals surface area (Å²) in [6, 6.07) is 13.2. The third kappa shape index (κ3) is 5.05. The molecule has 2 rings (SSSR count). The second kappa shape index (κ2) is 8.26. The van der Waals surface area contributed by atoms with Crippen LogP contribution >= 0.6 is 11.6 Å². The monoisotopic (exact) mass is 335 g/mol. The van der Waals surface area contributed by atoms with Crippen LogP contribution in [0.5, 0.6) is 11.5 Å². The second-order valence-corrected chi connectivity index (χ2v) is 5.12. The number of hydrogen-bond acceptors (Lipinski definition) is 5. The Hall–Kier alpha value is -2.44. The van der Waals surface area contributed by atoms with E-state index in [0.29, 0.717) is 23.1 Å². The van der Waals surface area contributed by atoms with Gasteiger partial charge in [-0.3, -0.25) is 4.79 Å². The van der Waals surface area contributed by atoms with Crippen molar-refractivity contribution in [1.29, 1.82) is 0 Å². The fraction of sp³-hybridized carbons (Fsp3) is 0.188. The zero-order valence-corrected chi connectivity index (χ0v) is 13.4. The second-order valence-electron chi connectivity index (χ2n) is 4.71. The highest BCUT2D eigenvalue weighted by Crippen LogP contribution is 2.36. The lowest BCUT2D eigenvalue weighted by Gasteiger charge is -2.14. The number of para-hydroxylation sites is 1. The molecule has 0 aliphatic rings. The smallest absolute Gasteiger partial charge is 0.255 e. The SMILES string of the molecule is COc1cc(CNNc2ccccc2)cc(Cl)c1OCC(N)=O. The summed E-state index contributed by atoms with van der Waals surface area (Å²) in [5.74, 6) is 0.156. The lowest BCUT2D eigenvalue weighted by atomic mass is 10.2. The van der Waals surface area contributed by atoms with Gasteiger partial charge < -0.3 is 20.6 Å². The highest BCUT2D eigenvalue weighted by atomic mass is 35.5. The van der Waals surface area contributed by atoms with Gasteiger partial charge >= 0.3 is 0 Å². The predicted octanol–water partition coefficient (Wildman–Crippen LogP) is 2.33. The third-order valence-electron chi connectivity index (χ3n) is 2.95. The van der Waals surface area contributed by atoms with Crippen LogP contribution in [0.3, 0.4) is 0 Å². The molecule has 0 radical (unpaired) electrons. The number of hydrogen-bond donors (Lipinski definition) is 3. The van der Waals surface area contributed by atoms with Crippen molar-refractivity contribution in [2.75, 3.05) is 19.1 Å². The number of halogens is 1. The number of nitrogens with two attached hydrogens (primary N) is 1. The summed E-state index contributed by atoms with van der Waals surface area (Å²) in [5.41, 5.74) is 13.1. The molecule has 0 saturated carbocycles. The standard InChI is InChI=1S/C16H18ClN3O3/c1-22-14-8-11(7-13(17)16(14)23-10-15(18)21)9-19-20-12-5-3-2-4-6-12/h2-8,19-20H,9-10H2,1H3,(H2,18,21). The van der Waals surface area contributed by atoms with Crippen molar-refractivity contribution in [2.24, 2.45) is 5.73 Å². The summed E-state index contributed by atoms with van der Waals surface area (Å²) in [6.07, 6.45) is 0.